The predicted molar refractivity (Wildman–Crippen MR) is 78.4 cm³/mol. The molecule has 1 heterocycles. The number of nitrogens with one attached hydrogen (secondary N) is 1. The molecule has 0 atom stereocenters. The van der Waals surface area contributed by atoms with Gasteiger partial charge in [-0.1, -0.05) is 6.07 Å². The zero-order chi connectivity index (χ0) is 14.3. The van der Waals surface area contributed by atoms with E-state index in [1.807, 2.05) is 20.9 Å². The number of aryl methyl sites for hydroxylation is 1. The summed E-state index contributed by atoms with van der Waals surface area (Å²) < 4.78 is 13.6. The van der Waals surface area contributed by atoms with Crippen LogP contribution in [0.1, 0.15) is 35.7 Å². The molecular formula is C16H18FN3. The first-order valence-corrected chi connectivity index (χ1v) is 6.93. The van der Waals surface area contributed by atoms with Crippen LogP contribution in [0.4, 0.5) is 10.2 Å². The molecule has 1 aliphatic rings. The van der Waals surface area contributed by atoms with Crippen LogP contribution in [0, 0.1) is 19.7 Å². The van der Waals surface area contributed by atoms with Gasteiger partial charge < -0.3 is 5.32 Å². The van der Waals surface area contributed by atoms with Gasteiger partial charge in [0.15, 0.2) is 0 Å². The molecule has 2 aromatic rings. The molecule has 3 rings (SSSR count). The van der Waals surface area contributed by atoms with Crippen LogP contribution in [0.15, 0.2) is 18.2 Å². The van der Waals surface area contributed by atoms with E-state index in [2.05, 4.69) is 10.3 Å². The third-order valence-corrected chi connectivity index (χ3v) is 3.80. The van der Waals surface area contributed by atoms with E-state index in [0.29, 0.717) is 5.92 Å². The van der Waals surface area contributed by atoms with Crippen molar-refractivity contribution in [1.29, 1.82) is 0 Å². The van der Waals surface area contributed by atoms with Crippen molar-refractivity contribution in [3.63, 3.8) is 0 Å². The molecule has 1 aromatic carbocycles. The van der Waals surface area contributed by atoms with Gasteiger partial charge in [-0.3, -0.25) is 0 Å². The maximum absolute atomic E-state index is 13.6. The highest BCUT2D eigenvalue weighted by Gasteiger charge is 2.28. The second kappa shape index (κ2) is 4.85. The maximum Gasteiger partial charge on any atom is 0.134 e. The molecule has 104 valence electrons. The van der Waals surface area contributed by atoms with E-state index in [-0.39, 0.29) is 5.82 Å². The first kappa shape index (κ1) is 13.0. The summed E-state index contributed by atoms with van der Waals surface area (Å²) in [6.07, 6.45) is 2.29. The van der Waals surface area contributed by atoms with Crippen molar-refractivity contribution in [3.05, 3.63) is 41.0 Å². The van der Waals surface area contributed by atoms with Crippen molar-refractivity contribution in [2.45, 2.75) is 32.6 Å². The van der Waals surface area contributed by atoms with Crippen LogP contribution in [0.5, 0.6) is 0 Å². The van der Waals surface area contributed by atoms with E-state index in [1.54, 1.807) is 12.1 Å². The molecule has 0 spiro atoms. The Morgan fingerprint density at radius 3 is 2.60 bits per heavy atom. The molecule has 20 heavy (non-hydrogen) atoms. The standard InChI is InChI=1S/C16H18FN3/c1-9-4-7-12(17)8-13(9)14-10(2)15(18-3)20-16(19-14)11-5-6-11/h4,7-8,11H,5-6H2,1-3H3,(H,18,19,20). The van der Waals surface area contributed by atoms with Crippen molar-refractivity contribution < 1.29 is 4.39 Å². The highest BCUT2D eigenvalue weighted by molar-refractivity contribution is 5.71. The Hall–Kier alpha value is -1.97. The van der Waals surface area contributed by atoms with Gasteiger partial charge in [-0.15, -0.1) is 0 Å². The smallest absolute Gasteiger partial charge is 0.134 e. The summed E-state index contributed by atoms with van der Waals surface area (Å²) in [7, 11) is 1.86. The Morgan fingerprint density at radius 2 is 1.95 bits per heavy atom. The minimum atomic E-state index is -0.234. The Bertz CT molecular complexity index is 663. The minimum absolute atomic E-state index is 0.234. The summed E-state index contributed by atoms with van der Waals surface area (Å²) in [4.78, 5) is 9.27. The van der Waals surface area contributed by atoms with Crippen LogP contribution in [-0.2, 0) is 0 Å². The zero-order valence-electron chi connectivity index (χ0n) is 12.0. The summed E-state index contributed by atoms with van der Waals surface area (Å²) in [6.45, 7) is 3.95. The summed E-state index contributed by atoms with van der Waals surface area (Å²) in [5.41, 5.74) is 3.68. The van der Waals surface area contributed by atoms with Crippen molar-refractivity contribution in [2.75, 3.05) is 12.4 Å². The van der Waals surface area contributed by atoms with Crippen molar-refractivity contribution in [3.8, 4) is 11.3 Å². The van der Waals surface area contributed by atoms with E-state index in [0.717, 1.165) is 46.9 Å². The molecule has 1 aliphatic carbocycles. The highest BCUT2D eigenvalue weighted by atomic mass is 19.1. The molecule has 0 bridgehead atoms. The number of hydrogen-bond donors (Lipinski definition) is 1. The molecular weight excluding hydrogens is 253 g/mol. The molecule has 0 radical (unpaired) electrons. The Labute approximate surface area is 118 Å². The SMILES string of the molecule is CNc1nc(C2CC2)nc(-c2cc(F)ccc2C)c1C. The molecule has 1 N–H and O–H groups in total. The van der Waals surface area contributed by atoms with Gasteiger partial charge in [0.2, 0.25) is 0 Å². The fraction of sp³-hybridized carbons (Fsp3) is 0.375. The van der Waals surface area contributed by atoms with Gasteiger partial charge >= 0.3 is 0 Å². The third-order valence-electron chi connectivity index (χ3n) is 3.80. The van der Waals surface area contributed by atoms with Crippen LogP contribution in [0.3, 0.4) is 0 Å². The van der Waals surface area contributed by atoms with Crippen LogP contribution in [0.2, 0.25) is 0 Å². The lowest BCUT2D eigenvalue weighted by atomic mass is 10.0. The minimum Gasteiger partial charge on any atom is -0.373 e. The number of nitrogens with zero attached hydrogens (tertiary/aromatic N) is 2. The topological polar surface area (TPSA) is 37.8 Å². The highest BCUT2D eigenvalue weighted by Crippen LogP contribution is 2.40. The second-order valence-electron chi connectivity index (χ2n) is 5.39. The van der Waals surface area contributed by atoms with E-state index < -0.39 is 0 Å². The first-order valence-electron chi connectivity index (χ1n) is 6.93. The van der Waals surface area contributed by atoms with Crippen molar-refractivity contribution in [2.24, 2.45) is 0 Å². The lowest BCUT2D eigenvalue weighted by Gasteiger charge is -2.14. The molecule has 4 heteroatoms. The molecule has 1 aromatic heterocycles. The summed E-state index contributed by atoms with van der Waals surface area (Å²) in [5, 5.41) is 3.12. The Morgan fingerprint density at radius 1 is 1.20 bits per heavy atom. The quantitative estimate of drug-likeness (QED) is 0.922. The summed E-state index contributed by atoms with van der Waals surface area (Å²) in [5.74, 6) is 1.94. The maximum atomic E-state index is 13.6. The number of anilines is 1. The van der Waals surface area contributed by atoms with Gasteiger partial charge in [-0.25, -0.2) is 14.4 Å². The van der Waals surface area contributed by atoms with Gasteiger partial charge in [0.05, 0.1) is 5.69 Å². The molecule has 0 aliphatic heterocycles. The van der Waals surface area contributed by atoms with Gasteiger partial charge in [0.1, 0.15) is 17.5 Å². The normalized spacial score (nSPS) is 14.4. The van der Waals surface area contributed by atoms with Gasteiger partial charge in [0.25, 0.3) is 0 Å². The Balaban J connectivity index is 2.20. The molecule has 3 nitrogen and oxygen atoms in total. The fourth-order valence-electron chi connectivity index (χ4n) is 2.41. The lowest BCUT2D eigenvalue weighted by Crippen LogP contribution is -2.05. The van der Waals surface area contributed by atoms with Crippen LogP contribution in [-0.4, -0.2) is 17.0 Å². The van der Waals surface area contributed by atoms with Crippen molar-refractivity contribution in [1.82, 2.24) is 9.97 Å². The van der Waals surface area contributed by atoms with Crippen molar-refractivity contribution >= 4 is 5.82 Å². The third kappa shape index (κ3) is 2.26. The summed E-state index contributed by atoms with van der Waals surface area (Å²) in [6, 6.07) is 4.83. The largest absolute Gasteiger partial charge is 0.373 e. The van der Waals surface area contributed by atoms with Gasteiger partial charge in [-0.05, 0) is 44.4 Å². The van der Waals surface area contributed by atoms with Crippen LogP contribution in [0.25, 0.3) is 11.3 Å². The monoisotopic (exact) mass is 271 g/mol. The number of rotatable bonds is 3. The average Bonchev–Trinajstić information content (AvgIpc) is 3.26. The zero-order valence-corrected chi connectivity index (χ0v) is 12.0. The molecule has 1 saturated carbocycles. The molecule has 0 amide bonds. The summed E-state index contributed by atoms with van der Waals surface area (Å²) >= 11 is 0. The van der Waals surface area contributed by atoms with E-state index in [1.165, 1.54) is 6.07 Å². The van der Waals surface area contributed by atoms with Gasteiger partial charge in [-0.2, -0.15) is 0 Å². The number of aromatic nitrogens is 2. The van der Waals surface area contributed by atoms with E-state index in [9.17, 15) is 4.39 Å². The van der Waals surface area contributed by atoms with E-state index >= 15 is 0 Å². The molecule has 1 fully saturated rings. The van der Waals surface area contributed by atoms with Gasteiger partial charge in [0, 0.05) is 24.1 Å². The average molecular weight is 271 g/mol. The lowest BCUT2D eigenvalue weighted by molar-refractivity contribution is 0.628. The van der Waals surface area contributed by atoms with Crippen LogP contribution >= 0.6 is 0 Å². The predicted octanol–water partition coefficient (Wildman–Crippen LogP) is 3.82. The number of halogens is 1. The first-order chi connectivity index (χ1) is 9.60. The molecule has 0 unspecified atom stereocenters. The Kier molecular flexibility index (Phi) is 3.16. The number of hydrogen-bond acceptors (Lipinski definition) is 3. The van der Waals surface area contributed by atoms with Crippen LogP contribution < -0.4 is 5.32 Å². The number of benzene rings is 1. The second-order valence-corrected chi connectivity index (χ2v) is 5.39. The fourth-order valence-corrected chi connectivity index (χ4v) is 2.41. The van der Waals surface area contributed by atoms with E-state index in [4.69, 9.17) is 4.98 Å². The molecule has 0 saturated heterocycles.